The number of pyridine rings is 1. The van der Waals surface area contributed by atoms with Crippen molar-refractivity contribution in [3.8, 4) is 11.8 Å². The van der Waals surface area contributed by atoms with Crippen molar-refractivity contribution in [2.45, 2.75) is 18.6 Å². The molecule has 3 rings (SSSR count). The lowest BCUT2D eigenvalue weighted by Gasteiger charge is -2.23. The Morgan fingerprint density at radius 1 is 1.33 bits per heavy atom. The second-order valence-corrected chi connectivity index (χ2v) is 4.96. The zero-order chi connectivity index (χ0) is 14.8. The molecule has 1 aliphatic rings. The summed E-state index contributed by atoms with van der Waals surface area (Å²) in [7, 11) is 0. The van der Waals surface area contributed by atoms with Gasteiger partial charge in [-0.05, 0) is 24.3 Å². The zero-order valence-electron chi connectivity index (χ0n) is 11.3. The third-order valence-corrected chi connectivity index (χ3v) is 3.64. The Morgan fingerprint density at radius 3 is 2.95 bits per heavy atom. The molecule has 5 nitrogen and oxygen atoms in total. The molecule has 0 spiro atoms. The van der Waals surface area contributed by atoms with Gasteiger partial charge in [0.2, 0.25) is 0 Å². The molecule has 1 aliphatic heterocycles. The average molecular weight is 282 g/mol. The predicted octanol–water partition coefficient (Wildman–Crippen LogP) is 1.45. The first kappa shape index (κ1) is 13.4. The molecule has 0 saturated heterocycles. The summed E-state index contributed by atoms with van der Waals surface area (Å²) < 4.78 is 7.11. The number of aliphatic hydroxyl groups excluding tert-OH is 1. The van der Waals surface area contributed by atoms with E-state index in [2.05, 4.69) is 6.07 Å². The summed E-state index contributed by atoms with van der Waals surface area (Å²) in [5, 5.41) is 19.5. The van der Waals surface area contributed by atoms with Gasteiger partial charge in [-0.15, -0.1) is 0 Å². The summed E-state index contributed by atoms with van der Waals surface area (Å²) in [4.78, 5) is 12.1. The summed E-state index contributed by atoms with van der Waals surface area (Å²) in [5.74, 6) is 0.603. The number of hydrogen-bond acceptors (Lipinski definition) is 4. The second-order valence-electron chi connectivity index (χ2n) is 4.96. The molecule has 1 aromatic heterocycles. The monoisotopic (exact) mass is 282 g/mol. The maximum Gasteiger partial charge on any atom is 0.251 e. The van der Waals surface area contributed by atoms with Crippen LogP contribution in [0.4, 0.5) is 0 Å². The molecule has 0 aliphatic carbocycles. The molecule has 1 N–H and O–H groups in total. The molecule has 0 radical (unpaired) electrons. The van der Waals surface area contributed by atoms with Crippen molar-refractivity contribution in [3.63, 3.8) is 0 Å². The molecule has 2 atom stereocenters. The molecule has 0 bridgehead atoms. The molecule has 2 heterocycles. The fraction of sp³-hybridized carbons (Fsp3) is 0.250. The highest BCUT2D eigenvalue weighted by Gasteiger charge is 2.29. The van der Waals surface area contributed by atoms with E-state index in [1.807, 2.05) is 0 Å². The van der Waals surface area contributed by atoms with Crippen LogP contribution in [0.3, 0.4) is 0 Å². The van der Waals surface area contributed by atoms with Crippen LogP contribution < -0.4 is 10.3 Å². The number of aromatic nitrogens is 1. The van der Waals surface area contributed by atoms with Gasteiger partial charge in [-0.3, -0.25) is 4.79 Å². The second kappa shape index (κ2) is 5.43. The smallest absolute Gasteiger partial charge is 0.251 e. The van der Waals surface area contributed by atoms with Crippen molar-refractivity contribution < 1.29 is 9.84 Å². The lowest BCUT2D eigenvalue weighted by molar-refractivity contribution is 0.112. The lowest BCUT2D eigenvalue weighted by atomic mass is 9.97. The Kier molecular flexibility index (Phi) is 3.46. The highest BCUT2D eigenvalue weighted by Crippen LogP contribution is 2.34. The van der Waals surface area contributed by atoms with Gasteiger partial charge in [-0.2, -0.15) is 5.26 Å². The number of aliphatic hydroxyl groups is 1. The van der Waals surface area contributed by atoms with Crippen LogP contribution in [-0.4, -0.2) is 22.4 Å². The van der Waals surface area contributed by atoms with Crippen molar-refractivity contribution in [2.75, 3.05) is 6.61 Å². The first-order chi connectivity index (χ1) is 10.2. The van der Waals surface area contributed by atoms with Crippen LogP contribution in [0.15, 0.2) is 47.4 Å². The van der Waals surface area contributed by atoms with Gasteiger partial charge in [0.05, 0.1) is 30.4 Å². The number of rotatable bonds is 1. The van der Waals surface area contributed by atoms with Gasteiger partial charge >= 0.3 is 0 Å². The number of nitrogens with zero attached hydrogens (tertiary/aromatic N) is 2. The Bertz CT molecular complexity index is 761. The number of ether oxygens (including phenoxy) is 1. The molecular weight excluding hydrogens is 268 g/mol. The van der Waals surface area contributed by atoms with Gasteiger partial charge in [0, 0.05) is 24.2 Å². The van der Waals surface area contributed by atoms with Gasteiger partial charge in [-0.1, -0.05) is 6.07 Å². The largest absolute Gasteiger partial charge is 0.493 e. The summed E-state index contributed by atoms with van der Waals surface area (Å²) in [6.45, 7) is 0.373. The lowest BCUT2D eigenvalue weighted by Crippen LogP contribution is -2.32. The standard InChI is InChI=1S/C16H14N2O3/c17-10-11-4-5-14-12(9-11)16(13(19)6-8-21-14)18-7-2-1-3-15(18)20/h1-5,7,9,13,16,19H,6,8H2/t13-,16-/m0/s1. The minimum atomic E-state index is -0.750. The fourth-order valence-corrected chi connectivity index (χ4v) is 2.64. The molecule has 0 saturated carbocycles. The molecule has 5 heteroatoms. The Morgan fingerprint density at radius 2 is 2.19 bits per heavy atom. The Hall–Kier alpha value is -2.58. The van der Waals surface area contributed by atoms with E-state index in [4.69, 9.17) is 10.00 Å². The van der Waals surface area contributed by atoms with Crippen molar-refractivity contribution in [1.29, 1.82) is 5.26 Å². The molecule has 21 heavy (non-hydrogen) atoms. The highest BCUT2D eigenvalue weighted by molar-refractivity contribution is 5.45. The molecule has 1 aromatic carbocycles. The summed E-state index contributed by atoms with van der Waals surface area (Å²) in [6.07, 6.45) is 1.31. The molecule has 106 valence electrons. The third-order valence-electron chi connectivity index (χ3n) is 3.64. The molecule has 2 aromatic rings. The Labute approximate surface area is 121 Å². The van der Waals surface area contributed by atoms with Crippen LogP contribution in [0.25, 0.3) is 0 Å². The van der Waals surface area contributed by atoms with E-state index in [1.54, 1.807) is 36.5 Å². The van der Waals surface area contributed by atoms with Crippen LogP contribution in [0.5, 0.6) is 5.75 Å². The van der Waals surface area contributed by atoms with E-state index in [0.717, 1.165) is 0 Å². The van der Waals surface area contributed by atoms with E-state index in [1.165, 1.54) is 10.6 Å². The van der Waals surface area contributed by atoms with E-state index in [9.17, 15) is 9.90 Å². The molecular formula is C16H14N2O3. The third kappa shape index (κ3) is 2.41. The van der Waals surface area contributed by atoms with Gasteiger partial charge < -0.3 is 14.4 Å². The summed E-state index contributed by atoms with van der Waals surface area (Å²) >= 11 is 0. The van der Waals surface area contributed by atoms with Crippen LogP contribution in [0.1, 0.15) is 23.6 Å². The van der Waals surface area contributed by atoms with Crippen LogP contribution >= 0.6 is 0 Å². The van der Waals surface area contributed by atoms with E-state index in [-0.39, 0.29) is 5.56 Å². The van der Waals surface area contributed by atoms with Gasteiger partial charge in [0.15, 0.2) is 0 Å². The van der Waals surface area contributed by atoms with E-state index in [0.29, 0.717) is 29.9 Å². The summed E-state index contributed by atoms with van der Waals surface area (Å²) in [5.41, 5.74) is 0.935. The van der Waals surface area contributed by atoms with Gasteiger partial charge in [0.25, 0.3) is 5.56 Å². The van der Waals surface area contributed by atoms with E-state index >= 15 is 0 Å². The maximum atomic E-state index is 12.1. The molecule has 0 unspecified atom stereocenters. The fourth-order valence-electron chi connectivity index (χ4n) is 2.64. The first-order valence-electron chi connectivity index (χ1n) is 6.73. The molecule has 0 fully saturated rings. The van der Waals surface area contributed by atoms with Gasteiger partial charge in [0.1, 0.15) is 5.75 Å². The van der Waals surface area contributed by atoms with E-state index < -0.39 is 12.1 Å². The van der Waals surface area contributed by atoms with Crippen molar-refractivity contribution in [1.82, 2.24) is 4.57 Å². The summed E-state index contributed by atoms with van der Waals surface area (Å²) in [6, 6.07) is 11.4. The number of hydrogen-bond donors (Lipinski definition) is 1. The number of nitriles is 1. The van der Waals surface area contributed by atoms with Gasteiger partial charge in [-0.25, -0.2) is 0 Å². The normalized spacial score (nSPS) is 20.8. The van der Waals surface area contributed by atoms with Crippen molar-refractivity contribution in [2.24, 2.45) is 0 Å². The predicted molar refractivity (Wildman–Crippen MR) is 76.1 cm³/mol. The number of fused-ring (bicyclic) bond motifs is 1. The van der Waals surface area contributed by atoms with Crippen LogP contribution in [0, 0.1) is 11.3 Å². The molecule has 0 amide bonds. The van der Waals surface area contributed by atoms with Crippen LogP contribution in [0.2, 0.25) is 0 Å². The minimum Gasteiger partial charge on any atom is -0.493 e. The van der Waals surface area contributed by atoms with Crippen molar-refractivity contribution >= 4 is 0 Å². The quantitative estimate of drug-likeness (QED) is 0.859. The maximum absolute atomic E-state index is 12.1. The zero-order valence-corrected chi connectivity index (χ0v) is 11.3. The minimum absolute atomic E-state index is 0.197. The van der Waals surface area contributed by atoms with Crippen LogP contribution in [-0.2, 0) is 0 Å². The van der Waals surface area contributed by atoms with Crippen molar-refractivity contribution in [3.05, 3.63) is 64.1 Å². The Balaban J connectivity index is 2.22. The first-order valence-corrected chi connectivity index (χ1v) is 6.73. The average Bonchev–Trinajstić information content (AvgIpc) is 2.66. The topological polar surface area (TPSA) is 75.2 Å². The number of benzene rings is 1. The SMILES string of the molecule is N#Cc1ccc2c(c1)[C@H](n1ccccc1=O)[C@@H](O)CCO2. The highest BCUT2D eigenvalue weighted by atomic mass is 16.5.